The molecule has 0 bridgehead atoms. The van der Waals surface area contributed by atoms with Gasteiger partial charge in [-0.25, -0.2) is 0 Å². The Morgan fingerprint density at radius 2 is 0.875 bits per heavy atom. The van der Waals surface area contributed by atoms with E-state index in [-0.39, 0.29) is 12.1 Å². The minimum atomic E-state index is -0.679. The second-order valence-corrected chi connectivity index (χ2v) is 13.4. The second-order valence-electron chi connectivity index (χ2n) is 13.4. The van der Waals surface area contributed by atoms with Crippen LogP contribution in [0.3, 0.4) is 0 Å². The number of ether oxygens (including phenoxy) is 1. The molecule has 0 rings (SSSR count). The first-order valence-electron chi connectivity index (χ1n) is 20.3. The van der Waals surface area contributed by atoms with E-state index < -0.39 is 5.97 Å². The van der Waals surface area contributed by atoms with Crippen molar-refractivity contribution in [3.63, 3.8) is 0 Å². The lowest BCUT2D eigenvalue weighted by Crippen LogP contribution is -2.18. The van der Waals surface area contributed by atoms with E-state index in [1.807, 2.05) is 0 Å². The number of unbranched alkanes of at least 4 members (excludes halogenated alkanes) is 17. The van der Waals surface area contributed by atoms with Crippen molar-refractivity contribution in [2.24, 2.45) is 0 Å². The predicted octanol–water partition coefficient (Wildman–Crippen LogP) is 14.1. The summed E-state index contributed by atoms with van der Waals surface area (Å²) in [5.74, 6) is -0.697. The summed E-state index contributed by atoms with van der Waals surface area (Å²) in [6.07, 6.45) is 53.9. The van der Waals surface area contributed by atoms with Gasteiger partial charge in [-0.2, -0.15) is 0 Å². The molecule has 0 aromatic carbocycles. The zero-order chi connectivity index (χ0) is 35.0. The number of carboxylic acids is 1. The maximum atomic E-state index is 12.7. The Hall–Kier alpha value is -2.36. The van der Waals surface area contributed by atoms with E-state index in [4.69, 9.17) is 9.84 Å². The summed E-state index contributed by atoms with van der Waals surface area (Å²) in [6, 6.07) is 0. The third-order valence-corrected chi connectivity index (χ3v) is 8.75. The molecule has 4 nitrogen and oxygen atoms in total. The molecule has 0 aromatic rings. The summed E-state index contributed by atoms with van der Waals surface area (Å²) < 4.78 is 6.02. The van der Waals surface area contributed by atoms with Gasteiger partial charge in [-0.3, -0.25) is 9.59 Å². The lowest BCUT2D eigenvalue weighted by atomic mass is 10.0. The number of carboxylic acid groups (broad SMARTS) is 1. The molecule has 0 aromatic heterocycles. The van der Waals surface area contributed by atoms with Crippen LogP contribution in [0.25, 0.3) is 0 Å². The number of carbonyl (C=O) groups is 2. The van der Waals surface area contributed by atoms with Crippen molar-refractivity contribution >= 4 is 11.9 Å². The molecule has 0 fully saturated rings. The van der Waals surface area contributed by atoms with Gasteiger partial charge in [-0.05, 0) is 77.0 Å². The normalized spacial score (nSPS) is 12.9. The first-order valence-corrected chi connectivity index (χ1v) is 20.3. The van der Waals surface area contributed by atoms with Crippen LogP contribution >= 0.6 is 0 Å². The van der Waals surface area contributed by atoms with E-state index in [9.17, 15) is 9.59 Å². The summed E-state index contributed by atoms with van der Waals surface area (Å²) in [6.45, 7) is 4.42. The van der Waals surface area contributed by atoms with Crippen LogP contribution in [0.15, 0.2) is 60.8 Å². The Morgan fingerprint density at radius 3 is 1.31 bits per heavy atom. The Morgan fingerprint density at radius 1 is 0.479 bits per heavy atom. The third-order valence-electron chi connectivity index (χ3n) is 8.75. The lowest BCUT2D eigenvalue weighted by molar-refractivity contribution is -0.150. The van der Waals surface area contributed by atoms with Crippen molar-refractivity contribution in [1.29, 1.82) is 0 Å². The van der Waals surface area contributed by atoms with E-state index >= 15 is 0 Å². The number of rotatable bonds is 36. The van der Waals surface area contributed by atoms with Crippen LogP contribution < -0.4 is 0 Å². The lowest BCUT2D eigenvalue weighted by Gasteiger charge is -2.18. The van der Waals surface area contributed by atoms with E-state index in [2.05, 4.69) is 74.6 Å². The summed E-state index contributed by atoms with van der Waals surface area (Å²) in [5, 5.41) is 8.72. The molecule has 0 saturated heterocycles. The predicted molar refractivity (Wildman–Crippen MR) is 208 cm³/mol. The van der Waals surface area contributed by atoms with Crippen molar-refractivity contribution in [2.75, 3.05) is 0 Å². The molecule has 0 saturated carbocycles. The average Bonchev–Trinajstić information content (AvgIpc) is 3.07. The molecule has 4 heteroatoms. The molecule has 0 aliphatic carbocycles. The van der Waals surface area contributed by atoms with Crippen LogP contribution in [0.1, 0.15) is 200 Å². The zero-order valence-corrected chi connectivity index (χ0v) is 31.5. The second kappa shape index (κ2) is 39.1. The largest absolute Gasteiger partial charge is 0.481 e. The van der Waals surface area contributed by atoms with Crippen molar-refractivity contribution in [3.05, 3.63) is 60.8 Å². The maximum Gasteiger partial charge on any atom is 0.306 e. The van der Waals surface area contributed by atoms with Crippen LogP contribution in [0.5, 0.6) is 0 Å². The van der Waals surface area contributed by atoms with Crippen LogP contribution in [0, 0.1) is 0 Å². The first kappa shape index (κ1) is 45.6. The highest BCUT2D eigenvalue weighted by atomic mass is 16.5. The number of esters is 1. The van der Waals surface area contributed by atoms with E-state index in [1.54, 1.807) is 0 Å². The van der Waals surface area contributed by atoms with Gasteiger partial charge in [0.2, 0.25) is 0 Å². The van der Waals surface area contributed by atoms with Gasteiger partial charge < -0.3 is 9.84 Å². The fourth-order valence-corrected chi connectivity index (χ4v) is 5.81. The highest BCUT2D eigenvalue weighted by Gasteiger charge is 2.14. The van der Waals surface area contributed by atoms with Crippen molar-refractivity contribution < 1.29 is 19.4 Å². The van der Waals surface area contributed by atoms with Gasteiger partial charge in [0, 0.05) is 12.8 Å². The summed E-state index contributed by atoms with van der Waals surface area (Å²) in [4.78, 5) is 23.3. The molecular weight excluding hydrogens is 592 g/mol. The Bertz CT molecular complexity index is 850. The van der Waals surface area contributed by atoms with Crippen LogP contribution in [0.4, 0.5) is 0 Å². The molecule has 0 heterocycles. The molecule has 0 aliphatic rings. The molecule has 276 valence electrons. The highest BCUT2D eigenvalue weighted by molar-refractivity contribution is 5.69. The molecule has 0 spiro atoms. The van der Waals surface area contributed by atoms with E-state index in [0.29, 0.717) is 12.8 Å². The fraction of sp³-hybridized carbons (Fsp3) is 0.727. The minimum absolute atomic E-state index is 0.0183. The van der Waals surface area contributed by atoms with Gasteiger partial charge >= 0.3 is 11.9 Å². The van der Waals surface area contributed by atoms with Gasteiger partial charge in [0.15, 0.2) is 0 Å². The monoisotopic (exact) mass is 669 g/mol. The molecule has 0 amide bonds. The quantitative estimate of drug-likeness (QED) is 0.0410. The maximum absolute atomic E-state index is 12.7. The number of aliphatic carboxylic acids is 1. The average molecular weight is 669 g/mol. The molecule has 0 aliphatic heterocycles. The summed E-state index contributed by atoms with van der Waals surface area (Å²) in [5.41, 5.74) is 0. The number of hydrogen-bond acceptors (Lipinski definition) is 3. The minimum Gasteiger partial charge on any atom is -0.481 e. The van der Waals surface area contributed by atoms with Crippen LogP contribution in [-0.2, 0) is 14.3 Å². The standard InChI is InChI=1S/C44H76O4/c1-3-5-7-9-11-13-14-15-16-17-18-19-20-25-29-33-37-41-44(47)48-42(38-34-30-26-12-10-8-6-4-2)39-35-31-27-23-21-22-24-28-32-36-40-43(45)46/h5,7,11,13,15-16,18-19,25,29,42H,3-4,6,8-10,12,14,17,20-24,26-28,30-41H2,1-2H3,(H,45,46)/b7-5-,13-11-,16-15-,19-18-,29-25-. The summed E-state index contributed by atoms with van der Waals surface area (Å²) in [7, 11) is 0. The van der Waals surface area contributed by atoms with Crippen LogP contribution in [0.2, 0.25) is 0 Å². The molecule has 1 N–H and O–H groups in total. The Balaban J connectivity index is 4.16. The number of carbonyl (C=O) groups excluding carboxylic acids is 1. The van der Waals surface area contributed by atoms with Gasteiger partial charge in [0.25, 0.3) is 0 Å². The molecule has 1 atom stereocenters. The van der Waals surface area contributed by atoms with Crippen molar-refractivity contribution in [1.82, 2.24) is 0 Å². The van der Waals surface area contributed by atoms with E-state index in [1.165, 1.54) is 83.5 Å². The van der Waals surface area contributed by atoms with Gasteiger partial charge in [-0.15, -0.1) is 0 Å². The Labute approximate surface area is 297 Å². The third kappa shape index (κ3) is 38.1. The molecule has 48 heavy (non-hydrogen) atoms. The topological polar surface area (TPSA) is 63.6 Å². The fourth-order valence-electron chi connectivity index (χ4n) is 5.81. The molecular formula is C44H76O4. The SMILES string of the molecule is CC/C=C\C/C=C\C/C=C\C/C=C\C/C=C\CCCC(=O)OC(CCCCCCCCCC)CCCCCCCCCCCCC(=O)O. The van der Waals surface area contributed by atoms with Gasteiger partial charge in [0.1, 0.15) is 6.10 Å². The van der Waals surface area contributed by atoms with Crippen molar-refractivity contribution in [3.8, 4) is 0 Å². The Kier molecular flexibility index (Phi) is 37.2. The number of allylic oxidation sites excluding steroid dienone is 10. The first-order chi connectivity index (χ1) is 23.6. The highest BCUT2D eigenvalue weighted by Crippen LogP contribution is 2.19. The van der Waals surface area contributed by atoms with Crippen molar-refractivity contribution in [2.45, 2.75) is 206 Å². The van der Waals surface area contributed by atoms with E-state index in [0.717, 1.165) is 89.9 Å². The molecule has 1 unspecified atom stereocenters. The zero-order valence-electron chi connectivity index (χ0n) is 31.5. The van der Waals surface area contributed by atoms with Gasteiger partial charge in [0.05, 0.1) is 0 Å². The summed E-state index contributed by atoms with van der Waals surface area (Å²) >= 11 is 0. The number of hydrogen-bond donors (Lipinski definition) is 1. The molecule has 0 radical (unpaired) electrons. The van der Waals surface area contributed by atoms with Crippen LogP contribution in [-0.4, -0.2) is 23.1 Å². The van der Waals surface area contributed by atoms with Gasteiger partial charge in [-0.1, -0.05) is 171 Å². The smallest absolute Gasteiger partial charge is 0.306 e.